The number of carboxylic acids is 1. The molecule has 0 saturated heterocycles. The molecule has 0 fully saturated rings. The van der Waals surface area contributed by atoms with Crippen molar-refractivity contribution in [3.05, 3.63) is 33.0 Å². The molecule has 0 aromatic heterocycles. The maximum absolute atomic E-state index is 13.6. The third kappa shape index (κ3) is 2.86. The molecule has 0 heterocycles. The molecule has 1 rings (SSSR count). The van der Waals surface area contributed by atoms with Crippen molar-refractivity contribution in [3.8, 4) is 0 Å². The number of rotatable bonds is 3. The van der Waals surface area contributed by atoms with Gasteiger partial charge in [0.05, 0.1) is 9.89 Å². The summed E-state index contributed by atoms with van der Waals surface area (Å²) in [5, 5.41) is 9.11. The maximum atomic E-state index is 13.6. The Labute approximate surface area is 109 Å². The molecular weight excluding hydrogens is 287 g/mol. The van der Waals surface area contributed by atoms with Gasteiger partial charge in [-0.1, -0.05) is 0 Å². The summed E-state index contributed by atoms with van der Waals surface area (Å²) in [6.45, 7) is 6.98. The van der Waals surface area contributed by atoms with Gasteiger partial charge >= 0.3 is 5.97 Å². The molecule has 0 aliphatic heterocycles. The second kappa shape index (κ2) is 4.77. The molecule has 0 radical (unpaired) electrons. The molecule has 1 aromatic carbocycles. The van der Waals surface area contributed by atoms with E-state index in [0.717, 1.165) is 16.7 Å². The van der Waals surface area contributed by atoms with E-state index in [1.165, 1.54) is 6.07 Å². The minimum Gasteiger partial charge on any atom is -0.481 e. The van der Waals surface area contributed by atoms with Crippen LogP contribution >= 0.6 is 15.9 Å². The van der Waals surface area contributed by atoms with Gasteiger partial charge in [-0.25, -0.2) is 4.39 Å². The third-order valence-corrected chi connectivity index (χ3v) is 3.92. The summed E-state index contributed by atoms with van der Waals surface area (Å²) < 4.78 is 14.0. The first-order chi connectivity index (χ1) is 7.66. The minimum absolute atomic E-state index is 0.299. The van der Waals surface area contributed by atoms with Crippen LogP contribution in [0.5, 0.6) is 0 Å². The van der Waals surface area contributed by atoms with Crippen molar-refractivity contribution >= 4 is 21.9 Å². The fraction of sp³-hybridized carbons (Fsp3) is 0.462. The first-order valence-electron chi connectivity index (χ1n) is 5.34. The predicted molar refractivity (Wildman–Crippen MR) is 68.7 cm³/mol. The average molecular weight is 303 g/mol. The third-order valence-electron chi connectivity index (χ3n) is 3.06. The van der Waals surface area contributed by atoms with Crippen molar-refractivity contribution < 1.29 is 14.3 Å². The first-order valence-corrected chi connectivity index (χ1v) is 6.13. The van der Waals surface area contributed by atoms with E-state index in [1.54, 1.807) is 13.8 Å². The van der Waals surface area contributed by atoms with Crippen LogP contribution in [-0.4, -0.2) is 11.1 Å². The number of aryl methyl sites for hydroxylation is 1. The molecule has 0 aliphatic rings. The molecule has 0 amide bonds. The molecular formula is C13H16BrFO2. The van der Waals surface area contributed by atoms with Crippen LogP contribution in [0, 0.1) is 25.1 Å². The van der Waals surface area contributed by atoms with Crippen LogP contribution in [0.4, 0.5) is 4.39 Å². The van der Waals surface area contributed by atoms with Crippen molar-refractivity contribution in [3.63, 3.8) is 0 Å². The van der Waals surface area contributed by atoms with Crippen molar-refractivity contribution in [1.29, 1.82) is 0 Å². The van der Waals surface area contributed by atoms with Crippen molar-refractivity contribution in [2.45, 2.75) is 34.1 Å². The second-order valence-electron chi connectivity index (χ2n) is 4.96. The van der Waals surface area contributed by atoms with Crippen LogP contribution in [0.25, 0.3) is 0 Å². The summed E-state index contributed by atoms with van der Waals surface area (Å²) in [4.78, 5) is 11.1. The SMILES string of the molecule is Cc1cc(F)c(Br)c(CC(C)(C)C(=O)O)c1C. The number of carbonyl (C=O) groups is 1. The lowest BCUT2D eigenvalue weighted by atomic mass is 9.83. The monoisotopic (exact) mass is 302 g/mol. The maximum Gasteiger partial charge on any atom is 0.309 e. The molecule has 1 aromatic rings. The van der Waals surface area contributed by atoms with E-state index in [0.29, 0.717) is 10.9 Å². The minimum atomic E-state index is -0.909. The zero-order valence-electron chi connectivity index (χ0n) is 10.4. The van der Waals surface area contributed by atoms with E-state index in [-0.39, 0.29) is 5.82 Å². The number of carboxylic acid groups (broad SMARTS) is 1. The van der Waals surface area contributed by atoms with Gasteiger partial charge in [-0.2, -0.15) is 0 Å². The molecule has 0 aliphatic carbocycles. The highest BCUT2D eigenvalue weighted by molar-refractivity contribution is 9.10. The van der Waals surface area contributed by atoms with Gasteiger partial charge in [-0.05, 0) is 72.8 Å². The lowest BCUT2D eigenvalue weighted by Crippen LogP contribution is -2.27. The molecule has 0 atom stereocenters. The van der Waals surface area contributed by atoms with E-state index in [4.69, 9.17) is 5.11 Å². The van der Waals surface area contributed by atoms with E-state index in [2.05, 4.69) is 15.9 Å². The topological polar surface area (TPSA) is 37.3 Å². The molecule has 2 nitrogen and oxygen atoms in total. The molecule has 4 heteroatoms. The van der Waals surface area contributed by atoms with Gasteiger partial charge < -0.3 is 5.11 Å². The highest BCUT2D eigenvalue weighted by atomic mass is 79.9. The molecule has 17 heavy (non-hydrogen) atoms. The Morgan fingerprint density at radius 1 is 1.47 bits per heavy atom. The first kappa shape index (κ1) is 14.2. The molecule has 0 spiro atoms. The van der Waals surface area contributed by atoms with Crippen molar-refractivity contribution in [2.24, 2.45) is 5.41 Å². The van der Waals surface area contributed by atoms with E-state index < -0.39 is 11.4 Å². The number of aliphatic carboxylic acids is 1. The van der Waals surface area contributed by atoms with E-state index >= 15 is 0 Å². The summed E-state index contributed by atoms with van der Waals surface area (Å²) in [5.41, 5.74) is 1.59. The van der Waals surface area contributed by atoms with Crippen LogP contribution < -0.4 is 0 Å². The van der Waals surface area contributed by atoms with Crippen LogP contribution in [0.3, 0.4) is 0 Å². The Morgan fingerprint density at radius 2 is 2.00 bits per heavy atom. The molecule has 1 N–H and O–H groups in total. The zero-order chi connectivity index (χ0) is 13.4. The van der Waals surface area contributed by atoms with Gasteiger partial charge in [0.15, 0.2) is 0 Å². The molecule has 0 bridgehead atoms. The van der Waals surface area contributed by atoms with E-state index in [9.17, 15) is 9.18 Å². The summed E-state index contributed by atoms with van der Waals surface area (Å²) in [6.07, 6.45) is 0.299. The van der Waals surface area contributed by atoms with Gasteiger partial charge in [0.2, 0.25) is 0 Å². The molecule has 94 valence electrons. The highest BCUT2D eigenvalue weighted by Crippen LogP contribution is 2.32. The summed E-state index contributed by atoms with van der Waals surface area (Å²) >= 11 is 3.20. The van der Waals surface area contributed by atoms with Gasteiger partial charge in [0.1, 0.15) is 5.82 Å². The van der Waals surface area contributed by atoms with Crippen LogP contribution in [0.15, 0.2) is 10.5 Å². The van der Waals surface area contributed by atoms with Crippen molar-refractivity contribution in [2.75, 3.05) is 0 Å². The Hall–Kier alpha value is -0.900. The summed E-state index contributed by atoms with van der Waals surface area (Å²) in [6, 6.07) is 1.46. The average Bonchev–Trinajstić information content (AvgIpc) is 2.21. The van der Waals surface area contributed by atoms with Gasteiger partial charge in [-0.3, -0.25) is 4.79 Å². The number of halogens is 2. The number of hydrogen-bond donors (Lipinski definition) is 1. The highest BCUT2D eigenvalue weighted by Gasteiger charge is 2.29. The Balaban J connectivity index is 3.28. The molecule has 0 saturated carbocycles. The van der Waals surface area contributed by atoms with Gasteiger partial charge in [0.25, 0.3) is 0 Å². The smallest absolute Gasteiger partial charge is 0.309 e. The fourth-order valence-electron chi connectivity index (χ4n) is 1.64. The Bertz CT molecular complexity index is 441. The quantitative estimate of drug-likeness (QED) is 0.920. The lowest BCUT2D eigenvalue weighted by molar-refractivity contribution is -0.146. The predicted octanol–water partition coefficient (Wildman–Crippen LogP) is 3.86. The summed E-state index contributed by atoms with van der Waals surface area (Å²) in [7, 11) is 0. The van der Waals surface area contributed by atoms with Crippen molar-refractivity contribution in [1.82, 2.24) is 0 Å². The standard InChI is InChI=1S/C13H16BrFO2/c1-7-5-10(15)11(14)9(8(7)2)6-13(3,4)12(16)17/h5H,6H2,1-4H3,(H,16,17). The lowest BCUT2D eigenvalue weighted by Gasteiger charge is -2.22. The Kier molecular flexibility index (Phi) is 3.97. The fourth-order valence-corrected chi connectivity index (χ4v) is 2.19. The Morgan fingerprint density at radius 3 is 2.47 bits per heavy atom. The normalized spacial score (nSPS) is 11.6. The zero-order valence-corrected chi connectivity index (χ0v) is 12.0. The number of benzene rings is 1. The van der Waals surface area contributed by atoms with Crippen LogP contribution in [-0.2, 0) is 11.2 Å². The van der Waals surface area contributed by atoms with Gasteiger partial charge in [0, 0.05) is 0 Å². The molecule has 0 unspecified atom stereocenters. The van der Waals surface area contributed by atoms with Gasteiger partial charge in [-0.15, -0.1) is 0 Å². The second-order valence-corrected chi connectivity index (χ2v) is 5.75. The van der Waals surface area contributed by atoms with Crippen LogP contribution in [0.1, 0.15) is 30.5 Å². The number of hydrogen-bond acceptors (Lipinski definition) is 1. The summed E-state index contributed by atoms with van der Waals surface area (Å²) in [5.74, 6) is -1.23. The van der Waals surface area contributed by atoms with Crippen LogP contribution in [0.2, 0.25) is 0 Å². The van der Waals surface area contributed by atoms with E-state index in [1.807, 2.05) is 13.8 Å². The largest absolute Gasteiger partial charge is 0.481 e.